The third kappa shape index (κ3) is 0.969. The Labute approximate surface area is 67.7 Å². The zero-order chi connectivity index (χ0) is 8.55. The van der Waals surface area contributed by atoms with Gasteiger partial charge in [-0.05, 0) is 4.92 Å². The molecule has 0 aliphatic carbocycles. The molecule has 0 unspecified atom stereocenters. The molecule has 0 bridgehead atoms. The average Bonchev–Trinajstić information content (AvgIpc) is 2.46. The van der Waals surface area contributed by atoms with Crippen LogP contribution in [0.3, 0.4) is 0 Å². The smallest absolute Gasteiger partial charge is 0.358 e. The number of rotatable bonds is 1. The maximum Gasteiger partial charge on any atom is 0.390 e. The summed E-state index contributed by atoms with van der Waals surface area (Å²) in [6, 6.07) is 1.42. The van der Waals surface area contributed by atoms with Gasteiger partial charge in [0.05, 0.1) is 24.3 Å². The van der Waals surface area contributed by atoms with E-state index in [2.05, 4.69) is 10.1 Å². The van der Waals surface area contributed by atoms with Crippen LogP contribution < -0.4 is 0 Å². The lowest BCUT2D eigenvalue weighted by atomic mass is 10.4. The molecule has 1 aliphatic heterocycles. The van der Waals surface area contributed by atoms with E-state index in [1.807, 2.05) is 0 Å². The van der Waals surface area contributed by atoms with E-state index in [0.717, 1.165) is 0 Å². The quantitative estimate of drug-likeness (QED) is 0.442. The van der Waals surface area contributed by atoms with Crippen LogP contribution in [-0.4, -0.2) is 27.5 Å². The van der Waals surface area contributed by atoms with Crippen molar-refractivity contribution in [1.29, 1.82) is 0 Å². The lowest BCUT2D eigenvalue weighted by Gasteiger charge is -2.00. The molecule has 0 amide bonds. The van der Waals surface area contributed by atoms with Crippen molar-refractivity contribution in [3.05, 3.63) is 21.9 Å². The molecular weight excluding hydrogens is 160 g/mol. The summed E-state index contributed by atoms with van der Waals surface area (Å²) in [6.07, 6.45) is 1.60. The Morgan fingerprint density at radius 3 is 3.17 bits per heavy atom. The van der Waals surface area contributed by atoms with Gasteiger partial charge in [0.25, 0.3) is 0 Å². The maximum absolute atomic E-state index is 10.3. The van der Waals surface area contributed by atoms with E-state index < -0.39 is 4.92 Å². The Kier molecular flexibility index (Phi) is 1.39. The van der Waals surface area contributed by atoms with Crippen LogP contribution in [0.4, 0.5) is 5.82 Å². The monoisotopic (exact) mass is 166 g/mol. The molecule has 0 fully saturated rings. The number of nitrogens with zero attached hydrogens (tertiary/aromatic N) is 4. The van der Waals surface area contributed by atoms with Gasteiger partial charge in [0.2, 0.25) is 0 Å². The summed E-state index contributed by atoms with van der Waals surface area (Å²) in [7, 11) is 0. The predicted octanol–water partition coefficient (Wildman–Crippen LogP) is 0.224. The predicted molar refractivity (Wildman–Crippen MR) is 41.3 cm³/mol. The summed E-state index contributed by atoms with van der Waals surface area (Å²) >= 11 is 0. The second-order valence-corrected chi connectivity index (χ2v) is 2.44. The molecule has 1 aromatic heterocycles. The Bertz CT molecular complexity index is 354. The van der Waals surface area contributed by atoms with E-state index in [-0.39, 0.29) is 5.82 Å². The third-order valence-corrected chi connectivity index (χ3v) is 1.65. The zero-order valence-electron chi connectivity index (χ0n) is 6.17. The highest BCUT2D eigenvalue weighted by atomic mass is 16.6. The fourth-order valence-corrected chi connectivity index (χ4v) is 1.10. The molecule has 0 saturated carbocycles. The first kappa shape index (κ1) is 6.96. The molecule has 62 valence electrons. The Balaban J connectivity index is 2.46. The van der Waals surface area contributed by atoms with E-state index in [4.69, 9.17) is 0 Å². The van der Waals surface area contributed by atoms with Crippen molar-refractivity contribution in [3.8, 4) is 0 Å². The summed E-state index contributed by atoms with van der Waals surface area (Å²) < 4.78 is 1.59. The molecule has 0 N–H and O–H groups in total. The molecule has 0 aromatic carbocycles. The Morgan fingerprint density at radius 2 is 2.50 bits per heavy atom. The van der Waals surface area contributed by atoms with Crippen molar-refractivity contribution < 1.29 is 4.92 Å². The van der Waals surface area contributed by atoms with Crippen LogP contribution in [0.25, 0.3) is 0 Å². The van der Waals surface area contributed by atoms with E-state index in [0.29, 0.717) is 18.8 Å². The van der Waals surface area contributed by atoms with Gasteiger partial charge in [-0.1, -0.05) is 0 Å². The molecule has 0 spiro atoms. The van der Waals surface area contributed by atoms with Crippen LogP contribution in [-0.2, 0) is 6.54 Å². The highest BCUT2D eigenvalue weighted by Crippen LogP contribution is 2.11. The summed E-state index contributed by atoms with van der Waals surface area (Å²) in [4.78, 5) is 13.8. The van der Waals surface area contributed by atoms with Gasteiger partial charge in [0.1, 0.15) is 5.69 Å². The number of fused-ring (bicyclic) bond motifs is 1. The molecule has 6 nitrogen and oxygen atoms in total. The Morgan fingerprint density at radius 1 is 1.67 bits per heavy atom. The lowest BCUT2D eigenvalue weighted by Crippen LogP contribution is -2.11. The van der Waals surface area contributed by atoms with Crippen molar-refractivity contribution in [2.24, 2.45) is 4.99 Å². The SMILES string of the molecule is O=[N+]([O-])c1cc2n(n1)CCN=C2. The normalized spacial score (nSPS) is 14.3. The van der Waals surface area contributed by atoms with Crippen LogP contribution in [0.15, 0.2) is 11.1 Å². The largest absolute Gasteiger partial charge is 0.390 e. The number of hydrogen-bond donors (Lipinski definition) is 0. The average molecular weight is 166 g/mol. The lowest BCUT2D eigenvalue weighted by molar-refractivity contribution is -0.389. The van der Waals surface area contributed by atoms with Gasteiger partial charge in [-0.2, -0.15) is 4.68 Å². The number of nitro groups is 1. The van der Waals surface area contributed by atoms with Gasteiger partial charge < -0.3 is 10.1 Å². The molecule has 0 saturated heterocycles. The van der Waals surface area contributed by atoms with Crippen molar-refractivity contribution in [3.63, 3.8) is 0 Å². The minimum Gasteiger partial charge on any atom is -0.358 e. The second-order valence-electron chi connectivity index (χ2n) is 2.44. The van der Waals surface area contributed by atoms with Gasteiger partial charge in [-0.15, -0.1) is 0 Å². The minimum absolute atomic E-state index is 0.113. The minimum atomic E-state index is -0.501. The Hall–Kier alpha value is -1.72. The van der Waals surface area contributed by atoms with Crippen molar-refractivity contribution in [2.45, 2.75) is 6.54 Å². The van der Waals surface area contributed by atoms with Crippen molar-refractivity contribution in [2.75, 3.05) is 6.54 Å². The first-order chi connectivity index (χ1) is 5.77. The van der Waals surface area contributed by atoms with Gasteiger partial charge >= 0.3 is 5.82 Å². The van der Waals surface area contributed by atoms with E-state index >= 15 is 0 Å². The number of hydrogen-bond acceptors (Lipinski definition) is 4. The summed E-state index contributed by atoms with van der Waals surface area (Å²) in [5, 5.41) is 14.1. The first-order valence-electron chi connectivity index (χ1n) is 3.49. The molecule has 2 rings (SSSR count). The second kappa shape index (κ2) is 2.40. The van der Waals surface area contributed by atoms with Crippen molar-refractivity contribution in [1.82, 2.24) is 9.78 Å². The van der Waals surface area contributed by atoms with Crippen LogP contribution in [0, 0.1) is 10.1 Å². The van der Waals surface area contributed by atoms with E-state index in [1.165, 1.54) is 6.07 Å². The molecule has 1 aromatic rings. The molecule has 2 heterocycles. The molecule has 0 radical (unpaired) electrons. The highest BCUT2D eigenvalue weighted by molar-refractivity contribution is 5.78. The van der Waals surface area contributed by atoms with E-state index in [1.54, 1.807) is 10.9 Å². The molecular formula is C6H6N4O2. The standard InChI is InChI=1S/C6H6N4O2/c11-10(12)6-3-5-4-7-1-2-9(5)8-6/h3-4H,1-2H2. The molecule has 6 heteroatoms. The fourth-order valence-electron chi connectivity index (χ4n) is 1.10. The van der Waals surface area contributed by atoms with E-state index in [9.17, 15) is 10.1 Å². The number of aliphatic imine (C=N–C) groups is 1. The zero-order valence-corrected chi connectivity index (χ0v) is 6.17. The van der Waals surface area contributed by atoms with Crippen LogP contribution in [0.1, 0.15) is 5.69 Å². The van der Waals surface area contributed by atoms with Crippen LogP contribution in [0.2, 0.25) is 0 Å². The molecule has 1 aliphatic rings. The molecule has 12 heavy (non-hydrogen) atoms. The van der Waals surface area contributed by atoms with Gasteiger partial charge in [0.15, 0.2) is 0 Å². The third-order valence-electron chi connectivity index (χ3n) is 1.65. The van der Waals surface area contributed by atoms with Crippen molar-refractivity contribution >= 4 is 12.0 Å². The van der Waals surface area contributed by atoms with Gasteiger partial charge in [-0.25, -0.2) is 0 Å². The van der Waals surface area contributed by atoms with Crippen LogP contribution >= 0.6 is 0 Å². The fraction of sp³-hybridized carbons (Fsp3) is 0.333. The maximum atomic E-state index is 10.3. The summed E-state index contributed by atoms with van der Waals surface area (Å²) in [6.45, 7) is 1.27. The highest BCUT2D eigenvalue weighted by Gasteiger charge is 2.17. The summed E-state index contributed by atoms with van der Waals surface area (Å²) in [5.74, 6) is -0.113. The van der Waals surface area contributed by atoms with Crippen LogP contribution in [0.5, 0.6) is 0 Å². The van der Waals surface area contributed by atoms with Gasteiger partial charge in [0, 0.05) is 6.21 Å². The van der Waals surface area contributed by atoms with Gasteiger partial charge in [-0.3, -0.25) is 4.99 Å². The number of aromatic nitrogens is 2. The first-order valence-corrected chi connectivity index (χ1v) is 3.49. The topological polar surface area (TPSA) is 73.3 Å². The summed E-state index contributed by atoms with van der Waals surface area (Å²) in [5.41, 5.74) is 0.702. The molecule has 0 atom stereocenters.